The Labute approximate surface area is 95.4 Å². The highest BCUT2D eigenvalue weighted by Gasteiger charge is 2.00. The van der Waals surface area contributed by atoms with Crippen LogP contribution in [0.25, 0.3) is 0 Å². The van der Waals surface area contributed by atoms with Crippen molar-refractivity contribution in [2.24, 2.45) is 0 Å². The molecule has 0 amide bonds. The average Bonchev–Trinajstić information content (AvgIpc) is 2.27. The lowest BCUT2D eigenvalue weighted by Gasteiger charge is -2.03. The Morgan fingerprint density at radius 3 is 2.50 bits per heavy atom. The van der Waals surface area contributed by atoms with Gasteiger partial charge in [0.15, 0.2) is 0 Å². The second-order valence-corrected chi connectivity index (χ2v) is 3.84. The fourth-order valence-electron chi connectivity index (χ4n) is 1.67. The number of aryl methyl sites for hydroxylation is 3. The van der Waals surface area contributed by atoms with E-state index in [0.29, 0.717) is 5.82 Å². The van der Waals surface area contributed by atoms with Gasteiger partial charge in [0, 0.05) is 18.2 Å². The van der Waals surface area contributed by atoms with E-state index in [2.05, 4.69) is 22.1 Å². The zero-order chi connectivity index (χ0) is 11.4. The molecular weight excluding hydrogens is 198 g/mol. The van der Waals surface area contributed by atoms with Crippen LogP contribution in [0.3, 0.4) is 0 Å². The van der Waals surface area contributed by atoms with E-state index in [-0.39, 0.29) is 0 Å². The van der Waals surface area contributed by atoms with Crippen LogP contribution in [0, 0.1) is 6.92 Å². The van der Waals surface area contributed by atoms with Crippen molar-refractivity contribution in [3.63, 3.8) is 0 Å². The smallest absolute Gasteiger partial charge is 0.131 e. The van der Waals surface area contributed by atoms with Crippen LogP contribution in [-0.4, -0.2) is 9.97 Å². The Hall–Kier alpha value is -1.90. The van der Waals surface area contributed by atoms with Gasteiger partial charge in [0.2, 0.25) is 0 Å². The minimum absolute atomic E-state index is 0.551. The number of nitrogens with zero attached hydrogens (tertiary/aromatic N) is 2. The summed E-state index contributed by atoms with van der Waals surface area (Å²) in [6.45, 7) is 1.93. The highest BCUT2D eigenvalue weighted by molar-refractivity contribution is 5.29. The van der Waals surface area contributed by atoms with Gasteiger partial charge in [-0.25, -0.2) is 9.97 Å². The van der Waals surface area contributed by atoms with E-state index < -0.39 is 0 Å². The zero-order valence-corrected chi connectivity index (χ0v) is 9.35. The molecule has 0 saturated heterocycles. The Morgan fingerprint density at radius 1 is 1.06 bits per heavy atom. The summed E-state index contributed by atoms with van der Waals surface area (Å²) in [6, 6.07) is 12.1. The molecule has 2 rings (SSSR count). The highest BCUT2D eigenvalue weighted by atomic mass is 14.9. The summed E-state index contributed by atoms with van der Waals surface area (Å²) in [6.07, 6.45) is 1.78. The maximum Gasteiger partial charge on any atom is 0.131 e. The van der Waals surface area contributed by atoms with Crippen LogP contribution in [0.5, 0.6) is 0 Å². The first-order chi connectivity index (χ1) is 7.74. The third kappa shape index (κ3) is 2.79. The summed E-state index contributed by atoms with van der Waals surface area (Å²) >= 11 is 0. The van der Waals surface area contributed by atoms with Gasteiger partial charge < -0.3 is 5.73 Å². The molecule has 0 atom stereocenters. The molecular formula is C13H15N3. The van der Waals surface area contributed by atoms with E-state index in [1.807, 2.05) is 25.1 Å². The summed E-state index contributed by atoms with van der Waals surface area (Å²) in [5.41, 5.74) is 7.90. The van der Waals surface area contributed by atoms with E-state index in [1.165, 1.54) is 5.56 Å². The number of benzene rings is 1. The van der Waals surface area contributed by atoms with Crippen molar-refractivity contribution in [3.8, 4) is 0 Å². The van der Waals surface area contributed by atoms with E-state index >= 15 is 0 Å². The van der Waals surface area contributed by atoms with Crippen molar-refractivity contribution >= 4 is 5.82 Å². The molecule has 0 radical (unpaired) electrons. The Morgan fingerprint density at radius 2 is 1.81 bits per heavy atom. The van der Waals surface area contributed by atoms with Crippen LogP contribution < -0.4 is 5.73 Å². The molecule has 0 bridgehead atoms. The number of anilines is 1. The van der Waals surface area contributed by atoms with Crippen LogP contribution in [0.15, 0.2) is 36.4 Å². The van der Waals surface area contributed by atoms with Crippen LogP contribution in [0.4, 0.5) is 5.82 Å². The molecule has 3 nitrogen and oxygen atoms in total. The first-order valence-electron chi connectivity index (χ1n) is 5.38. The Balaban J connectivity index is 2.05. The molecule has 0 aliphatic rings. The molecule has 0 unspecified atom stereocenters. The first-order valence-corrected chi connectivity index (χ1v) is 5.38. The fraction of sp³-hybridized carbons (Fsp3) is 0.231. The van der Waals surface area contributed by atoms with Crippen LogP contribution >= 0.6 is 0 Å². The van der Waals surface area contributed by atoms with E-state index in [9.17, 15) is 0 Å². The van der Waals surface area contributed by atoms with Crippen LogP contribution in [-0.2, 0) is 12.8 Å². The summed E-state index contributed by atoms with van der Waals surface area (Å²) < 4.78 is 0. The molecule has 3 heteroatoms. The van der Waals surface area contributed by atoms with Gasteiger partial charge in [0.05, 0.1) is 0 Å². The van der Waals surface area contributed by atoms with Crippen molar-refractivity contribution in [3.05, 3.63) is 53.5 Å². The Bertz CT molecular complexity index is 446. The molecule has 1 aromatic carbocycles. The number of hydrogen-bond donors (Lipinski definition) is 1. The molecule has 2 N–H and O–H groups in total. The van der Waals surface area contributed by atoms with Gasteiger partial charge in [0.25, 0.3) is 0 Å². The third-order valence-electron chi connectivity index (χ3n) is 2.40. The van der Waals surface area contributed by atoms with Crippen LogP contribution in [0.1, 0.15) is 17.1 Å². The molecule has 0 saturated carbocycles. The van der Waals surface area contributed by atoms with Crippen molar-refractivity contribution in [2.75, 3.05) is 5.73 Å². The second-order valence-electron chi connectivity index (χ2n) is 3.84. The number of nitrogen functional groups attached to an aromatic ring is 1. The minimum atomic E-state index is 0.551. The maximum atomic E-state index is 5.68. The van der Waals surface area contributed by atoms with E-state index in [4.69, 9.17) is 5.73 Å². The van der Waals surface area contributed by atoms with Crippen molar-refractivity contribution in [1.82, 2.24) is 9.97 Å². The molecule has 1 aromatic heterocycles. The lowest BCUT2D eigenvalue weighted by molar-refractivity contribution is 0.850. The number of hydrogen-bond acceptors (Lipinski definition) is 3. The van der Waals surface area contributed by atoms with E-state index in [0.717, 1.165) is 24.4 Å². The van der Waals surface area contributed by atoms with Crippen LogP contribution in [0.2, 0.25) is 0 Å². The predicted octanol–water partition coefficient (Wildman–Crippen LogP) is 2.15. The molecule has 0 spiro atoms. The quantitative estimate of drug-likeness (QED) is 0.850. The lowest BCUT2D eigenvalue weighted by atomic mass is 10.1. The van der Waals surface area contributed by atoms with Gasteiger partial charge in [-0.2, -0.15) is 0 Å². The summed E-state index contributed by atoms with van der Waals surface area (Å²) in [5, 5.41) is 0. The standard InChI is InChI=1S/C13H15N3/c1-10-9-12(14)16-13(15-10)8-7-11-5-3-2-4-6-11/h2-6,9H,7-8H2,1H3,(H2,14,15,16). The minimum Gasteiger partial charge on any atom is -0.384 e. The average molecular weight is 213 g/mol. The van der Waals surface area contributed by atoms with Crippen molar-refractivity contribution in [2.45, 2.75) is 19.8 Å². The summed E-state index contributed by atoms with van der Waals surface area (Å²) in [5.74, 6) is 1.37. The molecule has 82 valence electrons. The Kier molecular flexibility index (Phi) is 3.15. The van der Waals surface area contributed by atoms with Gasteiger partial charge in [-0.15, -0.1) is 0 Å². The number of rotatable bonds is 3. The van der Waals surface area contributed by atoms with Gasteiger partial charge in [0.1, 0.15) is 11.6 Å². The zero-order valence-electron chi connectivity index (χ0n) is 9.35. The largest absolute Gasteiger partial charge is 0.384 e. The normalized spacial score (nSPS) is 10.3. The van der Waals surface area contributed by atoms with Gasteiger partial charge >= 0.3 is 0 Å². The SMILES string of the molecule is Cc1cc(N)nc(CCc2ccccc2)n1. The summed E-state index contributed by atoms with van der Waals surface area (Å²) in [7, 11) is 0. The predicted molar refractivity (Wildman–Crippen MR) is 65.0 cm³/mol. The molecule has 0 fully saturated rings. The molecule has 2 aromatic rings. The highest BCUT2D eigenvalue weighted by Crippen LogP contribution is 2.06. The molecule has 16 heavy (non-hydrogen) atoms. The topological polar surface area (TPSA) is 51.8 Å². The third-order valence-corrected chi connectivity index (χ3v) is 2.40. The molecule has 0 aliphatic heterocycles. The van der Waals surface area contributed by atoms with Crippen molar-refractivity contribution in [1.29, 1.82) is 0 Å². The van der Waals surface area contributed by atoms with Gasteiger partial charge in [-0.1, -0.05) is 30.3 Å². The number of nitrogens with two attached hydrogens (primary N) is 1. The second kappa shape index (κ2) is 4.75. The van der Waals surface area contributed by atoms with Gasteiger partial charge in [-0.3, -0.25) is 0 Å². The summed E-state index contributed by atoms with van der Waals surface area (Å²) in [4.78, 5) is 8.57. The first kappa shape index (κ1) is 10.6. The maximum absolute atomic E-state index is 5.68. The fourth-order valence-corrected chi connectivity index (χ4v) is 1.67. The van der Waals surface area contributed by atoms with E-state index in [1.54, 1.807) is 6.07 Å². The monoisotopic (exact) mass is 213 g/mol. The lowest BCUT2D eigenvalue weighted by Crippen LogP contribution is -2.02. The van der Waals surface area contributed by atoms with Gasteiger partial charge in [-0.05, 0) is 18.9 Å². The van der Waals surface area contributed by atoms with Crippen molar-refractivity contribution < 1.29 is 0 Å². The molecule has 1 heterocycles. The molecule has 0 aliphatic carbocycles. The number of aromatic nitrogens is 2.